The molecule has 0 N–H and O–H groups in total. The van der Waals surface area contributed by atoms with Gasteiger partial charge in [-0.05, 0) is 103 Å². The number of unbranched alkanes of at least 4 members (excludes halogenated alkanes) is 2. The van der Waals surface area contributed by atoms with Crippen LogP contribution in [-0.2, 0) is 22.2 Å². The van der Waals surface area contributed by atoms with Gasteiger partial charge in [-0.15, -0.1) is 0 Å². The van der Waals surface area contributed by atoms with Gasteiger partial charge in [0.05, 0.1) is 11.2 Å². The van der Waals surface area contributed by atoms with Gasteiger partial charge < -0.3 is 9.31 Å². The molecule has 0 bridgehead atoms. The summed E-state index contributed by atoms with van der Waals surface area (Å²) >= 11 is 0. The number of hydrogen-bond acceptors (Lipinski definition) is 2. The van der Waals surface area contributed by atoms with Crippen LogP contribution in [0.2, 0.25) is 0 Å². The van der Waals surface area contributed by atoms with E-state index < -0.39 is 18.3 Å². The Balaban J connectivity index is 1.80. The molecule has 0 aromatic heterocycles. The van der Waals surface area contributed by atoms with E-state index in [9.17, 15) is 0 Å². The molecule has 0 aliphatic carbocycles. The van der Waals surface area contributed by atoms with Crippen molar-refractivity contribution in [2.45, 2.75) is 91.3 Å². The molecule has 1 fully saturated rings. The molecule has 1 aliphatic heterocycles. The maximum absolute atomic E-state index is 6.65. The summed E-state index contributed by atoms with van der Waals surface area (Å²) < 4.78 is 13.3. The molecule has 0 unspecified atom stereocenters. The van der Waals surface area contributed by atoms with Gasteiger partial charge in [0.1, 0.15) is 0 Å². The Labute approximate surface area is 223 Å². The zero-order valence-electron chi connectivity index (χ0n) is 23.5. The van der Waals surface area contributed by atoms with Crippen LogP contribution in [0.5, 0.6) is 0 Å². The summed E-state index contributed by atoms with van der Waals surface area (Å²) in [7, 11) is -0.413. The van der Waals surface area contributed by atoms with E-state index in [0.29, 0.717) is 0 Å². The van der Waals surface area contributed by atoms with E-state index in [1.54, 1.807) is 0 Å². The van der Waals surface area contributed by atoms with E-state index in [0.717, 1.165) is 18.3 Å². The van der Waals surface area contributed by atoms with Gasteiger partial charge in [0.2, 0.25) is 0 Å². The fourth-order valence-electron chi connectivity index (χ4n) is 5.58. The highest BCUT2D eigenvalue weighted by atomic mass is 16.7. The molecule has 0 radical (unpaired) electrons. The van der Waals surface area contributed by atoms with Gasteiger partial charge in [0, 0.05) is 0 Å². The average molecular weight is 493 g/mol. The summed E-state index contributed by atoms with van der Waals surface area (Å²) in [5.41, 5.74) is 5.79. The van der Waals surface area contributed by atoms with Crippen molar-refractivity contribution in [1.29, 1.82) is 0 Å². The second kappa shape index (κ2) is 10.3. The average Bonchev–Trinajstić information content (AvgIpc) is 3.10. The summed E-state index contributed by atoms with van der Waals surface area (Å²) in [5, 5.41) is 5.00. The number of rotatable bonds is 8. The largest absolute Gasteiger partial charge is 0.496 e. The van der Waals surface area contributed by atoms with Crippen LogP contribution in [0, 0.1) is 0 Å². The van der Waals surface area contributed by atoms with Crippen LogP contribution in [0.25, 0.3) is 32.7 Å². The summed E-state index contributed by atoms with van der Waals surface area (Å²) in [6, 6.07) is 25.1. The fraction of sp³-hybridized carbons (Fsp3) is 0.412. The van der Waals surface area contributed by atoms with Crippen molar-refractivity contribution >= 4 is 34.1 Å². The molecule has 5 rings (SSSR count). The SMILES string of the molecule is CCCCc1cccc(-c2c3ccccc3c(B3OC(C)(C)C(C)(C)O3)c3ccc(CCCC)cc23)c1. The van der Waals surface area contributed by atoms with Crippen molar-refractivity contribution < 1.29 is 9.31 Å². The smallest absolute Gasteiger partial charge is 0.399 e. The Kier molecular flexibility index (Phi) is 7.22. The molecule has 0 saturated carbocycles. The highest BCUT2D eigenvalue weighted by Crippen LogP contribution is 2.41. The van der Waals surface area contributed by atoms with Gasteiger partial charge in [-0.25, -0.2) is 0 Å². The number of aryl methyl sites for hydroxylation is 2. The molecule has 0 amide bonds. The molecule has 3 heteroatoms. The molecule has 4 aromatic carbocycles. The Morgan fingerprint density at radius 3 is 1.86 bits per heavy atom. The van der Waals surface area contributed by atoms with Crippen molar-refractivity contribution in [2.24, 2.45) is 0 Å². The lowest BCUT2D eigenvalue weighted by atomic mass is 9.71. The topological polar surface area (TPSA) is 18.5 Å². The second-order valence-corrected chi connectivity index (χ2v) is 11.7. The standard InChI is InChI=1S/C34H41BO2/c1-7-9-14-24-16-13-17-26(22-24)31-27-18-11-12-19-28(27)32(35-36-33(3,4)34(5,6)37-35)29-21-20-25(15-10-8-2)23-30(29)31/h11-13,16-23H,7-10,14-15H2,1-6H3. The van der Waals surface area contributed by atoms with E-state index >= 15 is 0 Å². The molecule has 1 aliphatic rings. The lowest BCUT2D eigenvalue weighted by Gasteiger charge is -2.32. The molecular formula is C34H41BO2. The van der Waals surface area contributed by atoms with E-state index in [1.165, 1.54) is 69.5 Å². The van der Waals surface area contributed by atoms with Gasteiger partial charge in [0.25, 0.3) is 0 Å². The van der Waals surface area contributed by atoms with E-state index in [4.69, 9.17) is 9.31 Å². The van der Waals surface area contributed by atoms with Gasteiger partial charge in [-0.2, -0.15) is 0 Å². The number of fused-ring (bicyclic) bond motifs is 2. The van der Waals surface area contributed by atoms with E-state index in [1.807, 2.05) is 0 Å². The van der Waals surface area contributed by atoms with Gasteiger partial charge >= 0.3 is 7.12 Å². The first-order chi connectivity index (χ1) is 17.8. The summed E-state index contributed by atoms with van der Waals surface area (Å²) in [6.07, 6.45) is 7.04. The molecular weight excluding hydrogens is 451 g/mol. The van der Waals surface area contributed by atoms with Crippen LogP contribution in [0.4, 0.5) is 0 Å². The third-order valence-corrected chi connectivity index (χ3v) is 8.47. The third-order valence-electron chi connectivity index (χ3n) is 8.47. The van der Waals surface area contributed by atoms with Crippen LogP contribution in [0.3, 0.4) is 0 Å². The van der Waals surface area contributed by atoms with Crippen molar-refractivity contribution in [1.82, 2.24) is 0 Å². The zero-order chi connectivity index (χ0) is 26.2. The lowest BCUT2D eigenvalue weighted by molar-refractivity contribution is 0.00578. The molecule has 2 nitrogen and oxygen atoms in total. The van der Waals surface area contributed by atoms with Crippen molar-refractivity contribution in [3.05, 3.63) is 77.9 Å². The lowest BCUT2D eigenvalue weighted by Crippen LogP contribution is -2.41. The quantitative estimate of drug-likeness (QED) is 0.181. The Bertz CT molecular complexity index is 1400. The fourth-order valence-corrected chi connectivity index (χ4v) is 5.58. The monoisotopic (exact) mass is 492 g/mol. The zero-order valence-corrected chi connectivity index (χ0v) is 23.5. The molecule has 1 heterocycles. The van der Waals surface area contributed by atoms with Crippen molar-refractivity contribution in [3.8, 4) is 11.1 Å². The first kappa shape index (κ1) is 26.0. The van der Waals surface area contributed by atoms with E-state index in [2.05, 4.69) is 108 Å². The predicted octanol–water partition coefficient (Wildman–Crippen LogP) is 8.64. The van der Waals surface area contributed by atoms with Crippen LogP contribution in [-0.4, -0.2) is 18.3 Å². The number of benzene rings is 4. The Morgan fingerprint density at radius 1 is 0.622 bits per heavy atom. The highest BCUT2D eigenvalue weighted by molar-refractivity contribution is 6.69. The van der Waals surface area contributed by atoms with Crippen molar-refractivity contribution in [2.75, 3.05) is 0 Å². The van der Waals surface area contributed by atoms with Crippen LogP contribution in [0.15, 0.2) is 66.7 Å². The van der Waals surface area contributed by atoms with E-state index in [-0.39, 0.29) is 0 Å². The van der Waals surface area contributed by atoms with Gasteiger partial charge in [-0.3, -0.25) is 0 Å². The third kappa shape index (κ3) is 4.85. The first-order valence-electron chi connectivity index (χ1n) is 14.2. The highest BCUT2D eigenvalue weighted by Gasteiger charge is 2.52. The predicted molar refractivity (Wildman–Crippen MR) is 160 cm³/mol. The normalized spacial score (nSPS) is 16.6. The molecule has 0 atom stereocenters. The minimum Gasteiger partial charge on any atom is -0.399 e. The summed E-state index contributed by atoms with van der Waals surface area (Å²) in [4.78, 5) is 0. The second-order valence-electron chi connectivity index (χ2n) is 11.7. The first-order valence-corrected chi connectivity index (χ1v) is 14.2. The van der Waals surface area contributed by atoms with Crippen LogP contribution >= 0.6 is 0 Å². The number of hydrogen-bond donors (Lipinski definition) is 0. The Hall–Kier alpha value is -2.62. The maximum atomic E-state index is 6.65. The minimum absolute atomic E-state index is 0.390. The van der Waals surface area contributed by atoms with Gasteiger partial charge in [-0.1, -0.05) is 93.4 Å². The summed E-state index contributed by atoms with van der Waals surface area (Å²) in [6.45, 7) is 13.1. The Morgan fingerprint density at radius 2 is 1.22 bits per heavy atom. The minimum atomic E-state index is -0.413. The maximum Gasteiger partial charge on any atom is 0.496 e. The van der Waals surface area contributed by atoms with Crippen LogP contribution in [0.1, 0.15) is 78.4 Å². The van der Waals surface area contributed by atoms with Crippen LogP contribution < -0.4 is 5.46 Å². The molecule has 1 saturated heterocycles. The molecule has 37 heavy (non-hydrogen) atoms. The molecule has 0 spiro atoms. The molecule has 4 aromatic rings. The summed E-state index contributed by atoms with van der Waals surface area (Å²) in [5.74, 6) is 0. The van der Waals surface area contributed by atoms with Gasteiger partial charge in [0.15, 0.2) is 0 Å². The van der Waals surface area contributed by atoms with Crippen molar-refractivity contribution in [3.63, 3.8) is 0 Å². The molecule has 192 valence electrons.